The fourth-order valence-corrected chi connectivity index (χ4v) is 3.57. The smallest absolute Gasteiger partial charge is 0.338 e. The molecule has 0 aliphatic rings. The Hall–Kier alpha value is -5.41. The molecular formula is C29H23F6N3O7. The van der Waals surface area contributed by atoms with Gasteiger partial charge in [0.15, 0.2) is 23.2 Å². The van der Waals surface area contributed by atoms with Gasteiger partial charge in [0.1, 0.15) is 30.0 Å². The summed E-state index contributed by atoms with van der Waals surface area (Å²) in [7, 11) is 0. The molecule has 10 nitrogen and oxygen atoms in total. The summed E-state index contributed by atoms with van der Waals surface area (Å²) in [5, 5.41) is 5.83. The Bertz CT molecular complexity index is 1560. The number of benzene rings is 3. The molecule has 2 atom stereocenters. The first-order chi connectivity index (χ1) is 21.3. The number of ether oxygens (including phenoxy) is 2. The van der Waals surface area contributed by atoms with Crippen molar-refractivity contribution < 1.29 is 59.8 Å². The average Bonchev–Trinajstić information content (AvgIpc) is 3.01. The summed E-state index contributed by atoms with van der Waals surface area (Å²) in [5.74, 6) is -17.4. The van der Waals surface area contributed by atoms with E-state index in [1.165, 1.54) is 12.1 Å². The molecule has 0 saturated heterocycles. The topological polar surface area (TPSA) is 140 Å². The number of para-hydroxylation sites is 1. The maximum atomic E-state index is 14.0. The molecule has 0 aliphatic heterocycles. The molecule has 0 bridgehead atoms. The van der Waals surface area contributed by atoms with Crippen LogP contribution in [0.1, 0.15) is 23.7 Å². The Kier molecular flexibility index (Phi) is 11.6. The number of hydrogen-bond acceptors (Lipinski definition) is 7. The van der Waals surface area contributed by atoms with Gasteiger partial charge < -0.3 is 25.4 Å². The Balaban J connectivity index is 1.68. The number of ketones is 1. The van der Waals surface area contributed by atoms with Gasteiger partial charge in [0, 0.05) is 12.5 Å². The van der Waals surface area contributed by atoms with Crippen molar-refractivity contribution in [3.8, 4) is 5.75 Å². The number of amides is 3. The minimum absolute atomic E-state index is 0.0771. The van der Waals surface area contributed by atoms with E-state index in [4.69, 9.17) is 4.74 Å². The number of halogens is 6. The van der Waals surface area contributed by atoms with Crippen molar-refractivity contribution in [3.05, 3.63) is 95.1 Å². The number of hydrogen-bond donors (Lipinski definition) is 3. The minimum atomic E-state index is -1.93. The summed E-state index contributed by atoms with van der Waals surface area (Å²) in [6.07, 6.45) is -0.456. The summed E-state index contributed by atoms with van der Waals surface area (Å²) in [4.78, 5) is 62.2. The second-order valence-electron chi connectivity index (χ2n) is 9.15. The lowest BCUT2D eigenvalue weighted by Gasteiger charge is -2.21. The van der Waals surface area contributed by atoms with Crippen molar-refractivity contribution in [2.24, 2.45) is 0 Å². The highest BCUT2D eigenvalue weighted by Crippen LogP contribution is 2.26. The second kappa shape index (κ2) is 15.4. The highest BCUT2D eigenvalue weighted by molar-refractivity contribution is 6.40. The minimum Gasteiger partial charge on any atom is -0.479 e. The third-order valence-electron chi connectivity index (χ3n) is 5.93. The molecule has 3 N–H and O–H groups in total. The van der Waals surface area contributed by atoms with Crippen LogP contribution in [0, 0.1) is 34.9 Å². The summed E-state index contributed by atoms with van der Waals surface area (Å²) >= 11 is 0. The first-order valence-electron chi connectivity index (χ1n) is 12.9. The average molecular weight is 640 g/mol. The SMILES string of the molecule is C[C@H](NC(=O)C(=O)Nc1c(F)cccc1F)C(=O)N[C@@H](CCOC(=O)c1ccccc1)C(=O)COc1c(F)c(F)cc(F)c1F. The quantitative estimate of drug-likeness (QED) is 0.120. The molecule has 0 saturated carbocycles. The maximum Gasteiger partial charge on any atom is 0.338 e. The lowest BCUT2D eigenvalue weighted by atomic mass is 10.1. The summed E-state index contributed by atoms with van der Waals surface area (Å²) < 4.78 is 92.3. The number of nitrogens with one attached hydrogen (secondary N) is 3. The van der Waals surface area contributed by atoms with Gasteiger partial charge in [-0.3, -0.25) is 19.2 Å². The van der Waals surface area contributed by atoms with E-state index >= 15 is 0 Å². The van der Waals surface area contributed by atoms with E-state index < -0.39 is 108 Å². The van der Waals surface area contributed by atoms with Crippen LogP contribution < -0.4 is 20.7 Å². The van der Waals surface area contributed by atoms with E-state index in [1.54, 1.807) is 23.5 Å². The molecule has 0 aliphatic carbocycles. The Morgan fingerprint density at radius 1 is 0.756 bits per heavy atom. The highest BCUT2D eigenvalue weighted by atomic mass is 19.2. The first kappa shape index (κ1) is 34.1. The van der Waals surface area contributed by atoms with Gasteiger partial charge in [0.05, 0.1) is 18.2 Å². The van der Waals surface area contributed by atoms with E-state index in [1.807, 2.05) is 5.32 Å². The molecule has 0 spiro atoms. The van der Waals surface area contributed by atoms with E-state index in [0.29, 0.717) is 0 Å². The van der Waals surface area contributed by atoms with E-state index in [0.717, 1.165) is 25.1 Å². The fourth-order valence-electron chi connectivity index (χ4n) is 3.57. The number of carbonyl (C=O) groups excluding carboxylic acids is 5. The van der Waals surface area contributed by atoms with Gasteiger partial charge in [-0.05, 0) is 31.2 Å². The van der Waals surface area contributed by atoms with Crippen molar-refractivity contribution in [1.82, 2.24) is 10.6 Å². The lowest BCUT2D eigenvalue weighted by Crippen LogP contribution is -2.53. The van der Waals surface area contributed by atoms with Crippen LogP contribution in [0.5, 0.6) is 5.75 Å². The molecule has 0 fully saturated rings. The summed E-state index contributed by atoms with van der Waals surface area (Å²) in [6, 6.07) is 6.98. The first-order valence-corrected chi connectivity index (χ1v) is 12.9. The van der Waals surface area contributed by atoms with Crippen LogP contribution in [0.15, 0.2) is 54.6 Å². The molecule has 0 unspecified atom stereocenters. The Labute approximate surface area is 250 Å². The third kappa shape index (κ3) is 9.04. The van der Waals surface area contributed by atoms with Crippen molar-refractivity contribution in [2.45, 2.75) is 25.4 Å². The van der Waals surface area contributed by atoms with Crippen LogP contribution >= 0.6 is 0 Å². The van der Waals surface area contributed by atoms with Gasteiger partial charge in [-0.1, -0.05) is 24.3 Å². The molecule has 3 amide bonds. The predicted molar refractivity (Wildman–Crippen MR) is 143 cm³/mol. The van der Waals surface area contributed by atoms with Gasteiger partial charge in [0.25, 0.3) is 0 Å². The molecule has 0 radical (unpaired) electrons. The molecule has 45 heavy (non-hydrogen) atoms. The lowest BCUT2D eigenvalue weighted by molar-refractivity contribution is -0.138. The van der Waals surface area contributed by atoms with E-state index in [9.17, 15) is 50.3 Å². The molecule has 16 heteroatoms. The van der Waals surface area contributed by atoms with E-state index in [-0.39, 0.29) is 11.6 Å². The standard InChI is InChI=1S/C29H23F6N3O7/c1-14(36-27(41)28(42)38-24-16(30)8-5-9-17(24)31)26(40)37-20(10-11-44-29(43)15-6-3-2-4-7-15)21(39)13-45-25-22(34)18(32)12-19(33)23(25)35/h2-9,12,14,20H,10-11,13H2,1H3,(H,36,41)(H,37,40)(H,38,42)/t14-,20-/m0/s1. The summed E-state index contributed by atoms with van der Waals surface area (Å²) in [6.45, 7) is -0.664. The van der Waals surface area contributed by atoms with Crippen LogP contribution in [0.2, 0.25) is 0 Å². The predicted octanol–water partition coefficient (Wildman–Crippen LogP) is 3.34. The zero-order valence-corrected chi connectivity index (χ0v) is 23.1. The number of anilines is 1. The van der Waals surface area contributed by atoms with Gasteiger partial charge >= 0.3 is 17.8 Å². The molecule has 3 aromatic carbocycles. The van der Waals surface area contributed by atoms with Crippen LogP contribution in [0.25, 0.3) is 0 Å². The van der Waals surface area contributed by atoms with Crippen molar-refractivity contribution >= 4 is 35.2 Å². The fraction of sp³-hybridized carbons (Fsp3) is 0.207. The van der Waals surface area contributed by atoms with Gasteiger partial charge in [-0.2, -0.15) is 8.78 Å². The van der Waals surface area contributed by atoms with Crippen LogP contribution in [-0.2, 0) is 23.9 Å². The maximum absolute atomic E-state index is 14.0. The van der Waals surface area contributed by atoms with Gasteiger partial charge in [-0.25, -0.2) is 22.4 Å². The van der Waals surface area contributed by atoms with Crippen LogP contribution in [0.3, 0.4) is 0 Å². The normalized spacial score (nSPS) is 12.0. The van der Waals surface area contributed by atoms with Crippen LogP contribution in [0.4, 0.5) is 32.0 Å². The summed E-state index contributed by atoms with van der Waals surface area (Å²) in [5.41, 5.74) is -0.770. The molecular weight excluding hydrogens is 616 g/mol. The van der Waals surface area contributed by atoms with Crippen molar-refractivity contribution in [2.75, 3.05) is 18.5 Å². The zero-order valence-electron chi connectivity index (χ0n) is 23.1. The molecule has 3 rings (SSSR count). The van der Waals surface area contributed by atoms with Gasteiger partial charge in [-0.15, -0.1) is 0 Å². The Morgan fingerprint density at radius 2 is 1.36 bits per heavy atom. The van der Waals surface area contributed by atoms with E-state index in [2.05, 4.69) is 10.1 Å². The second-order valence-corrected chi connectivity index (χ2v) is 9.15. The number of rotatable bonds is 12. The monoisotopic (exact) mass is 639 g/mol. The molecule has 238 valence electrons. The van der Waals surface area contributed by atoms with Crippen molar-refractivity contribution in [1.29, 1.82) is 0 Å². The molecule has 0 aromatic heterocycles. The third-order valence-corrected chi connectivity index (χ3v) is 5.93. The highest BCUT2D eigenvalue weighted by Gasteiger charge is 2.28. The molecule has 0 heterocycles. The van der Waals surface area contributed by atoms with Gasteiger partial charge in [0.2, 0.25) is 17.5 Å². The Morgan fingerprint density at radius 3 is 1.96 bits per heavy atom. The zero-order chi connectivity index (χ0) is 33.3. The van der Waals surface area contributed by atoms with Crippen molar-refractivity contribution in [3.63, 3.8) is 0 Å². The number of esters is 1. The number of Topliss-reactive ketones (excluding diaryl/α,β-unsaturated/α-hetero) is 1. The molecule has 3 aromatic rings. The number of carbonyl (C=O) groups is 5. The largest absolute Gasteiger partial charge is 0.479 e. The van der Waals surface area contributed by atoms with Crippen LogP contribution in [-0.4, -0.2) is 54.8 Å².